The summed E-state index contributed by atoms with van der Waals surface area (Å²) in [5.41, 5.74) is 2.76. The van der Waals surface area contributed by atoms with Gasteiger partial charge >= 0.3 is 0 Å². The van der Waals surface area contributed by atoms with Crippen molar-refractivity contribution >= 4 is 11.3 Å². The van der Waals surface area contributed by atoms with E-state index in [-0.39, 0.29) is 0 Å². The van der Waals surface area contributed by atoms with E-state index in [2.05, 4.69) is 11.2 Å². The lowest BCUT2D eigenvalue weighted by Gasteiger charge is -1.81. The number of aromatic nitrogens is 1. The normalized spacial score (nSPS) is 10.0. The Kier molecular flexibility index (Phi) is 1.29. The van der Waals surface area contributed by atoms with Gasteiger partial charge in [0.25, 0.3) is 0 Å². The van der Waals surface area contributed by atoms with Gasteiger partial charge in [0.1, 0.15) is 0 Å². The van der Waals surface area contributed by atoms with Gasteiger partial charge in [0.2, 0.25) is 0 Å². The van der Waals surface area contributed by atoms with Crippen LogP contribution in [0, 0.1) is 6.26 Å². The lowest BCUT2D eigenvalue weighted by molar-refractivity contribution is 0.559. The summed E-state index contributed by atoms with van der Waals surface area (Å²) in [5.74, 6) is 0. The number of hydrogen-bond acceptors (Lipinski definition) is 3. The second kappa shape index (κ2) is 2.27. The molecule has 10 heavy (non-hydrogen) atoms. The SMILES string of the molecule is [c]1occc1-c1cncs1. The smallest absolute Gasteiger partial charge is 0.178 e. The summed E-state index contributed by atoms with van der Waals surface area (Å²) in [6.45, 7) is 0. The summed E-state index contributed by atoms with van der Waals surface area (Å²) in [5, 5.41) is 0. The van der Waals surface area contributed by atoms with Crippen molar-refractivity contribution in [1.29, 1.82) is 0 Å². The standard InChI is InChI=1S/C7H4NOS/c1-2-9-4-6(1)7-3-8-5-10-7/h1-3,5H. The predicted molar refractivity (Wildman–Crippen MR) is 38.7 cm³/mol. The maximum absolute atomic E-state index is 4.79. The Labute approximate surface area is 62.1 Å². The van der Waals surface area contributed by atoms with Crippen LogP contribution in [-0.2, 0) is 0 Å². The minimum atomic E-state index is 0.975. The first-order valence-electron chi connectivity index (χ1n) is 2.81. The molecule has 0 saturated heterocycles. The predicted octanol–water partition coefficient (Wildman–Crippen LogP) is 2.20. The zero-order valence-electron chi connectivity index (χ0n) is 5.07. The van der Waals surface area contributed by atoms with E-state index in [4.69, 9.17) is 4.42 Å². The van der Waals surface area contributed by atoms with Gasteiger partial charge in [-0.3, -0.25) is 4.98 Å². The maximum Gasteiger partial charge on any atom is 0.178 e. The Morgan fingerprint density at radius 1 is 1.60 bits per heavy atom. The number of nitrogens with zero attached hydrogens (tertiary/aromatic N) is 1. The summed E-state index contributed by atoms with van der Waals surface area (Å²) < 4.78 is 4.79. The molecule has 2 aromatic heterocycles. The molecular weight excluding hydrogens is 146 g/mol. The van der Waals surface area contributed by atoms with E-state index in [1.807, 2.05) is 6.07 Å². The van der Waals surface area contributed by atoms with Crippen molar-refractivity contribution in [3.8, 4) is 10.4 Å². The van der Waals surface area contributed by atoms with Crippen LogP contribution in [0.3, 0.4) is 0 Å². The molecule has 2 nitrogen and oxygen atoms in total. The fourth-order valence-corrected chi connectivity index (χ4v) is 1.31. The number of rotatable bonds is 1. The average molecular weight is 150 g/mol. The largest absolute Gasteiger partial charge is 0.460 e. The third kappa shape index (κ3) is 0.844. The first kappa shape index (κ1) is 5.68. The Hall–Kier alpha value is -1.09. The second-order valence-corrected chi connectivity index (χ2v) is 2.69. The molecule has 0 N–H and O–H groups in total. The third-order valence-electron chi connectivity index (χ3n) is 1.17. The van der Waals surface area contributed by atoms with E-state index in [9.17, 15) is 0 Å². The van der Waals surface area contributed by atoms with E-state index in [1.54, 1.807) is 29.3 Å². The molecule has 2 heterocycles. The van der Waals surface area contributed by atoms with Gasteiger partial charge in [0.15, 0.2) is 6.26 Å². The fourth-order valence-electron chi connectivity index (χ4n) is 0.715. The third-order valence-corrected chi connectivity index (χ3v) is 1.98. The molecule has 0 aliphatic heterocycles. The molecule has 2 aromatic rings. The molecule has 0 unspecified atom stereocenters. The summed E-state index contributed by atoms with van der Waals surface area (Å²) in [4.78, 5) is 5.03. The lowest BCUT2D eigenvalue weighted by atomic mass is 10.3. The molecule has 0 amide bonds. The van der Waals surface area contributed by atoms with E-state index >= 15 is 0 Å². The van der Waals surface area contributed by atoms with E-state index in [0.29, 0.717) is 0 Å². The van der Waals surface area contributed by atoms with Gasteiger partial charge in [0, 0.05) is 11.8 Å². The van der Waals surface area contributed by atoms with Gasteiger partial charge in [-0.1, -0.05) is 0 Å². The zero-order valence-corrected chi connectivity index (χ0v) is 5.89. The molecule has 0 spiro atoms. The van der Waals surface area contributed by atoms with Crippen molar-refractivity contribution in [2.24, 2.45) is 0 Å². The van der Waals surface area contributed by atoms with Gasteiger partial charge in [-0.15, -0.1) is 11.3 Å². The Morgan fingerprint density at radius 2 is 2.60 bits per heavy atom. The summed E-state index contributed by atoms with van der Waals surface area (Å²) >= 11 is 1.58. The van der Waals surface area contributed by atoms with Crippen molar-refractivity contribution in [3.63, 3.8) is 0 Å². The molecular formula is C7H4NOS. The molecule has 0 aromatic carbocycles. The van der Waals surface area contributed by atoms with Crippen LogP contribution in [0.5, 0.6) is 0 Å². The van der Waals surface area contributed by atoms with E-state index in [1.165, 1.54) is 0 Å². The van der Waals surface area contributed by atoms with Crippen LogP contribution in [0.25, 0.3) is 10.4 Å². The van der Waals surface area contributed by atoms with Crippen molar-refractivity contribution in [2.45, 2.75) is 0 Å². The highest BCUT2D eigenvalue weighted by atomic mass is 32.1. The Morgan fingerprint density at radius 3 is 3.20 bits per heavy atom. The molecule has 0 fully saturated rings. The molecule has 0 aliphatic carbocycles. The van der Waals surface area contributed by atoms with Crippen molar-refractivity contribution < 1.29 is 4.42 Å². The molecule has 0 saturated carbocycles. The van der Waals surface area contributed by atoms with Crippen LogP contribution in [0.1, 0.15) is 0 Å². The Balaban J connectivity index is 2.48. The highest BCUT2D eigenvalue weighted by Gasteiger charge is 1.99. The Bertz CT molecular complexity index is 253. The molecule has 1 radical (unpaired) electrons. The minimum absolute atomic E-state index is 0.975. The van der Waals surface area contributed by atoms with Crippen LogP contribution in [-0.4, -0.2) is 4.98 Å². The first-order valence-corrected chi connectivity index (χ1v) is 3.69. The molecule has 49 valence electrons. The van der Waals surface area contributed by atoms with Gasteiger partial charge in [-0.05, 0) is 6.07 Å². The molecule has 0 bridgehead atoms. The minimum Gasteiger partial charge on any atom is -0.460 e. The summed E-state index contributed by atoms with van der Waals surface area (Å²) in [6, 6.07) is 1.87. The molecule has 2 rings (SSSR count). The highest BCUT2D eigenvalue weighted by molar-refractivity contribution is 7.13. The van der Waals surface area contributed by atoms with Gasteiger partial charge < -0.3 is 4.42 Å². The quantitative estimate of drug-likeness (QED) is 0.622. The topological polar surface area (TPSA) is 26.0 Å². The zero-order chi connectivity index (χ0) is 6.81. The molecule has 0 aliphatic rings. The molecule has 0 atom stereocenters. The molecule has 3 heteroatoms. The van der Waals surface area contributed by atoms with Crippen LogP contribution >= 0.6 is 11.3 Å². The lowest BCUT2D eigenvalue weighted by Crippen LogP contribution is -1.60. The monoisotopic (exact) mass is 150 g/mol. The van der Waals surface area contributed by atoms with Crippen LogP contribution in [0.4, 0.5) is 0 Å². The van der Waals surface area contributed by atoms with E-state index < -0.39 is 0 Å². The average Bonchev–Trinajstić information content (AvgIpc) is 2.59. The van der Waals surface area contributed by atoms with Crippen molar-refractivity contribution in [3.05, 3.63) is 30.3 Å². The number of hydrogen-bond donors (Lipinski definition) is 0. The second-order valence-electron chi connectivity index (χ2n) is 1.80. The highest BCUT2D eigenvalue weighted by Crippen LogP contribution is 2.22. The van der Waals surface area contributed by atoms with Crippen LogP contribution in [0.15, 0.2) is 28.5 Å². The van der Waals surface area contributed by atoms with Crippen LogP contribution in [0.2, 0.25) is 0 Å². The number of thiazole rings is 1. The van der Waals surface area contributed by atoms with Gasteiger partial charge in [0.05, 0.1) is 16.7 Å². The summed E-state index contributed by atoms with van der Waals surface area (Å²) in [7, 11) is 0. The van der Waals surface area contributed by atoms with Gasteiger partial charge in [-0.2, -0.15) is 0 Å². The maximum atomic E-state index is 4.79. The first-order chi connectivity index (χ1) is 4.97. The van der Waals surface area contributed by atoms with Crippen LogP contribution < -0.4 is 0 Å². The van der Waals surface area contributed by atoms with Crippen molar-refractivity contribution in [1.82, 2.24) is 4.98 Å². The number of furan rings is 1. The van der Waals surface area contributed by atoms with E-state index in [0.717, 1.165) is 10.4 Å². The summed E-state index contributed by atoms with van der Waals surface area (Å²) in [6.07, 6.45) is 6.14. The fraction of sp³-hybridized carbons (Fsp3) is 0. The van der Waals surface area contributed by atoms with Gasteiger partial charge in [-0.25, -0.2) is 0 Å². The van der Waals surface area contributed by atoms with Crippen molar-refractivity contribution in [2.75, 3.05) is 0 Å².